The number of hydrogen-bond donors (Lipinski definition) is 4. The van der Waals surface area contributed by atoms with Crippen molar-refractivity contribution in [1.82, 2.24) is 15.3 Å². The number of nitrogens with zero attached hydrogens (tertiary/aromatic N) is 2. The van der Waals surface area contributed by atoms with Crippen LogP contribution in [0.25, 0.3) is 0 Å². The summed E-state index contributed by atoms with van der Waals surface area (Å²) in [6.07, 6.45) is 0. The highest BCUT2D eigenvalue weighted by molar-refractivity contribution is 5.90. The van der Waals surface area contributed by atoms with E-state index in [1.54, 1.807) is 6.07 Å². The number of aryl methyl sites for hydroxylation is 1. The molecular weight excluding hydrogens is 332 g/mol. The zero-order valence-electron chi connectivity index (χ0n) is 15.4. The van der Waals surface area contributed by atoms with Crippen LogP contribution in [0.15, 0.2) is 30.3 Å². The third-order valence-corrected chi connectivity index (χ3v) is 3.35. The molecule has 26 heavy (non-hydrogen) atoms. The Morgan fingerprint density at radius 1 is 1.08 bits per heavy atom. The van der Waals surface area contributed by atoms with Gasteiger partial charge in [-0.15, -0.1) is 0 Å². The normalized spacial score (nSPS) is 10.1. The third kappa shape index (κ3) is 6.12. The van der Waals surface area contributed by atoms with Crippen molar-refractivity contribution < 1.29 is 9.53 Å². The first kappa shape index (κ1) is 19.3. The molecule has 8 heteroatoms. The monoisotopic (exact) mass is 358 g/mol. The number of para-hydroxylation sites is 2. The first-order chi connectivity index (χ1) is 12.6. The summed E-state index contributed by atoms with van der Waals surface area (Å²) in [5.74, 6) is 2.83. The molecule has 0 unspecified atom stereocenters. The van der Waals surface area contributed by atoms with Gasteiger partial charge < -0.3 is 26.0 Å². The van der Waals surface area contributed by atoms with E-state index in [0.29, 0.717) is 37.0 Å². The van der Waals surface area contributed by atoms with Crippen molar-refractivity contribution in [3.05, 3.63) is 36.2 Å². The van der Waals surface area contributed by atoms with Gasteiger partial charge in [0.05, 0.1) is 12.3 Å². The van der Waals surface area contributed by atoms with Gasteiger partial charge in [0.25, 0.3) is 0 Å². The van der Waals surface area contributed by atoms with E-state index in [9.17, 15) is 4.79 Å². The fourth-order valence-corrected chi connectivity index (χ4v) is 2.31. The maximum absolute atomic E-state index is 12.0. The lowest BCUT2D eigenvalue weighted by molar-refractivity contribution is 0.252. The van der Waals surface area contributed by atoms with Crippen molar-refractivity contribution in [2.75, 3.05) is 42.2 Å². The minimum absolute atomic E-state index is 0.286. The molecule has 0 spiro atoms. The Kier molecular flexibility index (Phi) is 7.48. The predicted molar refractivity (Wildman–Crippen MR) is 104 cm³/mol. The summed E-state index contributed by atoms with van der Waals surface area (Å²) in [6.45, 7) is 8.08. The minimum Gasteiger partial charge on any atom is -0.492 e. The Balaban J connectivity index is 1.79. The molecule has 1 aromatic carbocycles. The molecule has 0 saturated carbocycles. The standard InChI is InChI=1S/C18H26N6O2/c1-4-19-16-12-17(23-13(3)22-16)20-10-11-21-18(25)24-14-8-6-7-9-15(14)26-5-2/h6-9,12H,4-5,10-11H2,1-3H3,(H2,21,24,25)(H2,19,20,22,23). The lowest BCUT2D eigenvalue weighted by Crippen LogP contribution is -2.32. The smallest absolute Gasteiger partial charge is 0.319 e. The highest BCUT2D eigenvalue weighted by Gasteiger charge is 2.06. The molecule has 0 atom stereocenters. The molecule has 2 amide bonds. The summed E-state index contributed by atoms with van der Waals surface area (Å²) in [5, 5.41) is 11.9. The number of carbonyl (C=O) groups excluding carboxylic acids is 1. The van der Waals surface area contributed by atoms with E-state index in [1.807, 2.05) is 45.0 Å². The fourth-order valence-electron chi connectivity index (χ4n) is 2.31. The molecule has 140 valence electrons. The summed E-state index contributed by atoms with van der Waals surface area (Å²) >= 11 is 0. The lowest BCUT2D eigenvalue weighted by atomic mass is 10.3. The number of amides is 2. The van der Waals surface area contributed by atoms with E-state index in [2.05, 4.69) is 31.2 Å². The van der Waals surface area contributed by atoms with Gasteiger partial charge in [-0.2, -0.15) is 0 Å². The van der Waals surface area contributed by atoms with Gasteiger partial charge in [-0.05, 0) is 32.9 Å². The summed E-state index contributed by atoms with van der Waals surface area (Å²) in [4.78, 5) is 20.7. The second-order valence-electron chi connectivity index (χ2n) is 5.45. The first-order valence-corrected chi connectivity index (χ1v) is 8.72. The van der Waals surface area contributed by atoms with E-state index in [-0.39, 0.29) is 6.03 Å². The Morgan fingerprint density at radius 2 is 1.81 bits per heavy atom. The number of aromatic nitrogens is 2. The van der Waals surface area contributed by atoms with Crippen LogP contribution < -0.4 is 26.0 Å². The lowest BCUT2D eigenvalue weighted by Gasteiger charge is -2.13. The van der Waals surface area contributed by atoms with E-state index in [1.165, 1.54) is 0 Å². The Labute approximate surface area is 153 Å². The summed E-state index contributed by atoms with van der Waals surface area (Å²) in [7, 11) is 0. The molecule has 1 heterocycles. The Bertz CT molecular complexity index is 723. The topological polar surface area (TPSA) is 100 Å². The van der Waals surface area contributed by atoms with Crippen LogP contribution >= 0.6 is 0 Å². The van der Waals surface area contributed by atoms with E-state index < -0.39 is 0 Å². The van der Waals surface area contributed by atoms with Crippen LogP contribution in [0.3, 0.4) is 0 Å². The van der Waals surface area contributed by atoms with Gasteiger partial charge in [0, 0.05) is 25.7 Å². The van der Waals surface area contributed by atoms with Crippen LogP contribution in [-0.4, -0.2) is 42.2 Å². The number of carbonyl (C=O) groups is 1. The van der Waals surface area contributed by atoms with Crippen LogP contribution in [0.2, 0.25) is 0 Å². The van der Waals surface area contributed by atoms with Crippen molar-refractivity contribution in [2.24, 2.45) is 0 Å². The average molecular weight is 358 g/mol. The zero-order chi connectivity index (χ0) is 18.8. The van der Waals surface area contributed by atoms with Gasteiger partial charge in [-0.3, -0.25) is 0 Å². The molecule has 0 aliphatic rings. The van der Waals surface area contributed by atoms with Gasteiger partial charge >= 0.3 is 6.03 Å². The SMILES string of the molecule is CCNc1cc(NCCNC(=O)Nc2ccccc2OCC)nc(C)n1. The quantitative estimate of drug-likeness (QED) is 0.514. The van der Waals surface area contributed by atoms with E-state index >= 15 is 0 Å². The molecule has 4 N–H and O–H groups in total. The first-order valence-electron chi connectivity index (χ1n) is 8.72. The van der Waals surface area contributed by atoms with Gasteiger partial charge in [-0.25, -0.2) is 14.8 Å². The number of ether oxygens (including phenoxy) is 1. The minimum atomic E-state index is -0.286. The van der Waals surface area contributed by atoms with Crippen molar-refractivity contribution in [2.45, 2.75) is 20.8 Å². The molecule has 0 saturated heterocycles. The van der Waals surface area contributed by atoms with Crippen molar-refractivity contribution in [3.63, 3.8) is 0 Å². The van der Waals surface area contributed by atoms with Crippen LogP contribution in [0.1, 0.15) is 19.7 Å². The van der Waals surface area contributed by atoms with Gasteiger partial charge in [0.15, 0.2) is 0 Å². The van der Waals surface area contributed by atoms with Gasteiger partial charge in [-0.1, -0.05) is 12.1 Å². The molecule has 0 fully saturated rings. The van der Waals surface area contributed by atoms with Crippen LogP contribution in [0, 0.1) is 6.92 Å². The molecule has 1 aromatic heterocycles. The number of anilines is 3. The molecule has 0 aliphatic carbocycles. The van der Waals surface area contributed by atoms with E-state index in [4.69, 9.17) is 4.74 Å². The summed E-state index contributed by atoms with van der Waals surface area (Å²) in [6, 6.07) is 8.89. The van der Waals surface area contributed by atoms with E-state index in [0.717, 1.165) is 18.2 Å². The summed E-state index contributed by atoms with van der Waals surface area (Å²) < 4.78 is 5.49. The predicted octanol–water partition coefficient (Wildman–Crippen LogP) is 2.85. The highest BCUT2D eigenvalue weighted by atomic mass is 16.5. The van der Waals surface area contributed by atoms with Crippen molar-refractivity contribution in [3.8, 4) is 5.75 Å². The molecular formula is C18H26N6O2. The number of rotatable bonds is 9. The second-order valence-corrected chi connectivity index (χ2v) is 5.45. The largest absolute Gasteiger partial charge is 0.492 e. The maximum atomic E-state index is 12.0. The summed E-state index contributed by atoms with van der Waals surface area (Å²) in [5.41, 5.74) is 0.640. The molecule has 8 nitrogen and oxygen atoms in total. The zero-order valence-corrected chi connectivity index (χ0v) is 15.4. The third-order valence-electron chi connectivity index (χ3n) is 3.35. The van der Waals surface area contributed by atoms with Crippen molar-refractivity contribution >= 4 is 23.4 Å². The number of nitrogens with one attached hydrogen (secondary N) is 4. The molecule has 0 radical (unpaired) electrons. The van der Waals surface area contributed by atoms with Gasteiger partial charge in [0.2, 0.25) is 0 Å². The fraction of sp³-hybridized carbons (Fsp3) is 0.389. The Morgan fingerprint density at radius 3 is 2.54 bits per heavy atom. The second kappa shape index (κ2) is 10.1. The average Bonchev–Trinajstić information content (AvgIpc) is 2.60. The number of urea groups is 1. The molecule has 2 aromatic rings. The van der Waals surface area contributed by atoms with Crippen molar-refractivity contribution in [1.29, 1.82) is 0 Å². The van der Waals surface area contributed by atoms with Crippen LogP contribution in [0.5, 0.6) is 5.75 Å². The maximum Gasteiger partial charge on any atom is 0.319 e. The molecule has 0 aliphatic heterocycles. The van der Waals surface area contributed by atoms with Gasteiger partial charge in [0.1, 0.15) is 23.2 Å². The number of hydrogen-bond acceptors (Lipinski definition) is 6. The Hall–Kier alpha value is -3.03. The highest BCUT2D eigenvalue weighted by Crippen LogP contribution is 2.23. The molecule has 0 bridgehead atoms. The van der Waals surface area contributed by atoms with Crippen LogP contribution in [-0.2, 0) is 0 Å². The molecule has 2 rings (SSSR count). The van der Waals surface area contributed by atoms with Crippen LogP contribution in [0.4, 0.5) is 22.1 Å². The number of benzene rings is 1.